The number of carbonyl (C=O) groups excluding carboxylic acids is 1. The number of aromatic nitrogens is 2. The summed E-state index contributed by atoms with van der Waals surface area (Å²) in [4.78, 5) is 33.1. The molecule has 1 aromatic rings. The highest BCUT2D eigenvalue weighted by Gasteiger charge is 2.56. The third-order valence-corrected chi connectivity index (χ3v) is 4.63. The first-order valence-electron chi connectivity index (χ1n) is 7.76. The lowest BCUT2D eigenvalue weighted by atomic mass is 10.0. The molecule has 0 aromatic carbocycles. The summed E-state index contributed by atoms with van der Waals surface area (Å²) in [6.45, 7) is 3.66. The van der Waals surface area contributed by atoms with E-state index in [4.69, 9.17) is 11.5 Å². The zero-order valence-corrected chi connectivity index (χ0v) is 13.1. The predicted molar refractivity (Wildman–Crippen MR) is 82.4 cm³/mol. The van der Waals surface area contributed by atoms with Crippen LogP contribution in [0.2, 0.25) is 0 Å². The largest absolute Gasteiger partial charge is 0.465 e. The van der Waals surface area contributed by atoms with Gasteiger partial charge in [-0.05, 0) is 30.6 Å². The Morgan fingerprint density at radius 1 is 1.52 bits per heavy atom. The lowest BCUT2D eigenvalue weighted by Gasteiger charge is -2.31. The number of H-pyrrole nitrogens is 1. The molecule has 2 amide bonds. The SMILES string of the molecule is C#Cc1c[nH]c([C@@H]2C[C@H]3C[C@H]3N2C(=O)[C@@H](NC(=O)O)C(C)C)n1. The van der Waals surface area contributed by atoms with Crippen LogP contribution in [0.5, 0.6) is 0 Å². The number of nitrogens with one attached hydrogen (secondary N) is 2. The first kappa shape index (κ1) is 15.4. The molecule has 122 valence electrons. The first-order chi connectivity index (χ1) is 10.9. The van der Waals surface area contributed by atoms with Crippen LogP contribution in [0.3, 0.4) is 0 Å². The van der Waals surface area contributed by atoms with Gasteiger partial charge in [0.1, 0.15) is 17.6 Å². The molecule has 3 rings (SSSR count). The number of piperidine rings is 1. The van der Waals surface area contributed by atoms with Crippen LogP contribution in [0.4, 0.5) is 4.79 Å². The molecule has 2 heterocycles. The molecule has 7 heteroatoms. The Hall–Kier alpha value is -2.49. The minimum atomic E-state index is -1.19. The fourth-order valence-electron chi connectivity index (χ4n) is 3.41. The van der Waals surface area contributed by atoms with E-state index in [-0.39, 0.29) is 23.9 Å². The summed E-state index contributed by atoms with van der Waals surface area (Å²) in [5.41, 5.74) is 0.511. The topological polar surface area (TPSA) is 98.3 Å². The molecule has 0 radical (unpaired) electrons. The van der Waals surface area contributed by atoms with Crippen LogP contribution in [0.1, 0.15) is 44.2 Å². The van der Waals surface area contributed by atoms with Gasteiger partial charge in [-0.25, -0.2) is 9.78 Å². The summed E-state index contributed by atoms with van der Waals surface area (Å²) < 4.78 is 0. The first-order valence-corrected chi connectivity index (χ1v) is 7.76. The summed E-state index contributed by atoms with van der Waals surface area (Å²) >= 11 is 0. The average molecular weight is 316 g/mol. The van der Waals surface area contributed by atoms with E-state index in [1.165, 1.54) is 0 Å². The van der Waals surface area contributed by atoms with Gasteiger partial charge in [0.15, 0.2) is 0 Å². The highest BCUT2D eigenvalue weighted by atomic mass is 16.4. The van der Waals surface area contributed by atoms with Gasteiger partial charge in [-0.2, -0.15) is 0 Å². The van der Waals surface area contributed by atoms with Crippen LogP contribution in [0.25, 0.3) is 0 Å². The van der Waals surface area contributed by atoms with Crippen molar-refractivity contribution in [1.29, 1.82) is 0 Å². The molecule has 7 nitrogen and oxygen atoms in total. The van der Waals surface area contributed by atoms with E-state index in [2.05, 4.69) is 21.2 Å². The molecule has 23 heavy (non-hydrogen) atoms. The third-order valence-electron chi connectivity index (χ3n) is 4.63. The summed E-state index contributed by atoms with van der Waals surface area (Å²) in [5, 5.41) is 11.3. The number of likely N-dealkylation sites (tertiary alicyclic amines) is 1. The normalized spacial score (nSPS) is 26.5. The number of aromatic amines is 1. The second kappa shape index (κ2) is 5.61. The summed E-state index contributed by atoms with van der Waals surface area (Å²) in [7, 11) is 0. The van der Waals surface area contributed by atoms with Crippen LogP contribution < -0.4 is 5.32 Å². The summed E-state index contributed by atoms with van der Waals surface area (Å²) in [6.07, 6.45) is 7.62. The van der Waals surface area contributed by atoms with Crippen molar-refractivity contribution in [2.24, 2.45) is 11.8 Å². The number of imidazole rings is 1. The van der Waals surface area contributed by atoms with Gasteiger partial charge in [0.25, 0.3) is 0 Å². The Labute approximate surface area is 134 Å². The zero-order valence-electron chi connectivity index (χ0n) is 13.1. The minimum Gasteiger partial charge on any atom is -0.465 e. The average Bonchev–Trinajstić information content (AvgIpc) is 2.96. The van der Waals surface area contributed by atoms with Crippen molar-refractivity contribution in [3.05, 3.63) is 17.7 Å². The number of hydrogen-bond acceptors (Lipinski definition) is 3. The van der Waals surface area contributed by atoms with Crippen molar-refractivity contribution in [2.45, 2.75) is 44.8 Å². The molecule has 2 aliphatic rings. The molecular formula is C16H20N4O3. The zero-order chi connectivity index (χ0) is 16.7. The van der Waals surface area contributed by atoms with Crippen LogP contribution in [-0.4, -0.2) is 44.1 Å². The van der Waals surface area contributed by atoms with Crippen molar-refractivity contribution < 1.29 is 14.7 Å². The maximum atomic E-state index is 12.9. The second-order valence-corrected chi connectivity index (χ2v) is 6.55. The molecule has 0 spiro atoms. The van der Waals surface area contributed by atoms with Gasteiger partial charge in [-0.15, -0.1) is 6.42 Å². The Kier molecular flexibility index (Phi) is 3.76. The van der Waals surface area contributed by atoms with Gasteiger partial charge in [0.2, 0.25) is 5.91 Å². The van der Waals surface area contributed by atoms with Crippen LogP contribution in [0, 0.1) is 24.2 Å². The van der Waals surface area contributed by atoms with Gasteiger partial charge in [-0.1, -0.05) is 13.8 Å². The van der Waals surface area contributed by atoms with E-state index in [0.717, 1.165) is 12.8 Å². The molecule has 0 bridgehead atoms. The number of fused-ring (bicyclic) bond motifs is 1. The number of nitrogens with zero attached hydrogens (tertiary/aromatic N) is 2. The minimum absolute atomic E-state index is 0.130. The van der Waals surface area contributed by atoms with Gasteiger partial charge in [0, 0.05) is 12.2 Å². The highest BCUT2D eigenvalue weighted by Crippen LogP contribution is 2.53. The Bertz CT molecular complexity index is 675. The molecule has 2 fully saturated rings. The van der Waals surface area contributed by atoms with Crippen LogP contribution >= 0.6 is 0 Å². The standard InChI is InChI=1S/C16H20N4O3/c1-4-10-7-17-14(18-10)12-6-9-5-11(9)20(12)15(21)13(8(2)3)19-16(22)23/h1,7-9,11-13,19H,5-6H2,2-3H3,(H,17,18)(H,22,23)/t9-,11-,12+,13+/m1/s1. The molecule has 3 N–H and O–H groups in total. The molecule has 0 unspecified atom stereocenters. The fraction of sp³-hybridized carbons (Fsp3) is 0.562. The van der Waals surface area contributed by atoms with E-state index in [9.17, 15) is 9.59 Å². The summed E-state index contributed by atoms with van der Waals surface area (Å²) in [5.74, 6) is 3.30. The van der Waals surface area contributed by atoms with Gasteiger partial charge >= 0.3 is 6.09 Å². The summed E-state index contributed by atoms with van der Waals surface area (Å²) in [6, 6.07) is -0.731. The number of carbonyl (C=O) groups is 2. The number of terminal acetylenes is 1. The monoisotopic (exact) mass is 316 g/mol. The van der Waals surface area contributed by atoms with E-state index in [0.29, 0.717) is 17.4 Å². The molecule has 4 atom stereocenters. The van der Waals surface area contributed by atoms with Gasteiger partial charge in [-0.3, -0.25) is 4.79 Å². The molecule has 1 saturated carbocycles. The number of carboxylic acid groups (broad SMARTS) is 1. The lowest BCUT2D eigenvalue weighted by molar-refractivity contribution is -0.136. The Morgan fingerprint density at radius 2 is 2.26 bits per heavy atom. The van der Waals surface area contributed by atoms with Crippen LogP contribution in [-0.2, 0) is 4.79 Å². The van der Waals surface area contributed by atoms with E-state index in [1.807, 2.05) is 13.8 Å². The second-order valence-electron chi connectivity index (χ2n) is 6.55. The Morgan fingerprint density at radius 3 is 2.83 bits per heavy atom. The van der Waals surface area contributed by atoms with Gasteiger partial charge in [0.05, 0.1) is 6.04 Å². The molecule has 1 saturated heterocycles. The smallest absolute Gasteiger partial charge is 0.405 e. The fourth-order valence-corrected chi connectivity index (χ4v) is 3.41. The van der Waals surface area contributed by atoms with Crippen molar-refractivity contribution in [2.75, 3.05) is 0 Å². The maximum absolute atomic E-state index is 12.9. The van der Waals surface area contributed by atoms with Crippen molar-refractivity contribution >= 4 is 12.0 Å². The van der Waals surface area contributed by atoms with Crippen molar-refractivity contribution in [3.8, 4) is 12.3 Å². The lowest BCUT2D eigenvalue weighted by Crippen LogP contribution is -2.51. The molecule has 1 aliphatic heterocycles. The third kappa shape index (κ3) is 2.77. The van der Waals surface area contributed by atoms with Crippen LogP contribution in [0.15, 0.2) is 6.20 Å². The molecular weight excluding hydrogens is 296 g/mol. The van der Waals surface area contributed by atoms with Crippen molar-refractivity contribution in [1.82, 2.24) is 20.2 Å². The van der Waals surface area contributed by atoms with E-state index in [1.54, 1.807) is 11.1 Å². The van der Waals surface area contributed by atoms with E-state index < -0.39 is 12.1 Å². The highest BCUT2D eigenvalue weighted by molar-refractivity contribution is 5.86. The molecule has 1 aromatic heterocycles. The quantitative estimate of drug-likeness (QED) is 0.730. The predicted octanol–water partition coefficient (Wildman–Crippen LogP) is 1.35. The Balaban J connectivity index is 1.84. The number of amides is 2. The van der Waals surface area contributed by atoms with Crippen molar-refractivity contribution in [3.63, 3.8) is 0 Å². The molecule has 1 aliphatic carbocycles. The van der Waals surface area contributed by atoms with E-state index >= 15 is 0 Å². The number of hydrogen-bond donors (Lipinski definition) is 3. The number of rotatable bonds is 4. The maximum Gasteiger partial charge on any atom is 0.405 e. The van der Waals surface area contributed by atoms with Gasteiger partial charge < -0.3 is 20.3 Å².